The van der Waals surface area contributed by atoms with Crippen molar-refractivity contribution in [3.63, 3.8) is 0 Å². The third-order valence-electron chi connectivity index (χ3n) is 4.56. The van der Waals surface area contributed by atoms with Crippen molar-refractivity contribution in [3.8, 4) is 11.5 Å². The summed E-state index contributed by atoms with van der Waals surface area (Å²) in [4.78, 5) is 13.1. The molecule has 8 heteroatoms. The van der Waals surface area contributed by atoms with Crippen LogP contribution in [-0.4, -0.2) is 34.6 Å². The Hall–Kier alpha value is -2.84. The average molecular weight is 446 g/mol. The van der Waals surface area contributed by atoms with Crippen LogP contribution in [0.3, 0.4) is 0 Å². The van der Waals surface area contributed by atoms with E-state index in [4.69, 9.17) is 9.47 Å². The van der Waals surface area contributed by atoms with Gasteiger partial charge in [-0.3, -0.25) is 4.79 Å². The number of aryl methyl sites for hydroxylation is 1. The van der Waals surface area contributed by atoms with Crippen molar-refractivity contribution < 1.29 is 22.7 Å². The molecule has 0 saturated carbocycles. The summed E-state index contributed by atoms with van der Waals surface area (Å²) in [6, 6.07) is 17.2. The summed E-state index contributed by atoms with van der Waals surface area (Å²) in [5.41, 5.74) is 0.920. The highest BCUT2D eigenvalue weighted by molar-refractivity contribution is 7.91. The van der Waals surface area contributed by atoms with Crippen LogP contribution in [-0.2, 0) is 14.6 Å². The second kappa shape index (κ2) is 9.77. The van der Waals surface area contributed by atoms with E-state index in [-0.39, 0.29) is 24.0 Å². The van der Waals surface area contributed by atoms with Crippen molar-refractivity contribution >= 4 is 27.1 Å². The lowest BCUT2D eigenvalue weighted by molar-refractivity contribution is -0.123. The van der Waals surface area contributed by atoms with E-state index in [0.717, 1.165) is 5.56 Å². The molecule has 0 unspecified atom stereocenters. The Morgan fingerprint density at radius 3 is 2.43 bits per heavy atom. The Kier molecular flexibility index (Phi) is 7.12. The summed E-state index contributed by atoms with van der Waals surface area (Å²) in [6.45, 7) is 1.65. The minimum atomic E-state index is -3.72. The second-order valence-electron chi connectivity index (χ2n) is 6.58. The van der Waals surface area contributed by atoms with Gasteiger partial charge in [0, 0.05) is 11.4 Å². The normalized spacial score (nSPS) is 12.2. The molecule has 0 aliphatic carbocycles. The molecule has 2 aromatic carbocycles. The van der Waals surface area contributed by atoms with Gasteiger partial charge < -0.3 is 14.8 Å². The van der Waals surface area contributed by atoms with E-state index < -0.39 is 15.1 Å². The maximum atomic E-state index is 13.3. The van der Waals surface area contributed by atoms with E-state index >= 15 is 0 Å². The summed E-state index contributed by atoms with van der Waals surface area (Å²) >= 11 is 1.34. The number of sulfone groups is 1. The minimum absolute atomic E-state index is 0.0508. The Morgan fingerprint density at radius 2 is 1.80 bits per heavy atom. The number of rotatable bonds is 9. The first-order chi connectivity index (χ1) is 14.4. The second-order valence-corrected chi connectivity index (χ2v) is 9.69. The smallest absolute Gasteiger partial charge is 0.257 e. The summed E-state index contributed by atoms with van der Waals surface area (Å²) < 4.78 is 37.1. The number of nitrogens with one attached hydrogen (secondary N) is 1. The molecule has 1 aromatic heterocycles. The zero-order valence-corrected chi connectivity index (χ0v) is 18.3. The molecule has 0 radical (unpaired) electrons. The molecule has 1 N–H and O–H groups in total. The molecular formula is C22H23NO5S2. The summed E-state index contributed by atoms with van der Waals surface area (Å²) in [5.74, 6) is 0.807. The molecule has 1 atom stereocenters. The zero-order valence-electron chi connectivity index (χ0n) is 16.7. The number of carbonyl (C=O) groups is 1. The van der Waals surface area contributed by atoms with Crippen molar-refractivity contribution in [2.75, 3.05) is 20.3 Å². The third kappa shape index (κ3) is 5.20. The van der Waals surface area contributed by atoms with Gasteiger partial charge in [0.25, 0.3) is 5.91 Å². The van der Waals surface area contributed by atoms with Gasteiger partial charge in [0.15, 0.2) is 16.4 Å². The van der Waals surface area contributed by atoms with E-state index in [0.29, 0.717) is 16.4 Å². The van der Waals surface area contributed by atoms with Crippen LogP contribution in [0, 0.1) is 6.92 Å². The Labute approximate surface area is 180 Å². The largest absolute Gasteiger partial charge is 0.497 e. The number of hydrogen-bond acceptors (Lipinski definition) is 6. The van der Waals surface area contributed by atoms with E-state index in [1.54, 1.807) is 30.3 Å². The molecule has 0 spiro atoms. The highest BCUT2D eigenvalue weighted by Gasteiger charge is 2.30. The van der Waals surface area contributed by atoms with Gasteiger partial charge in [0.05, 0.1) is 12.0 Å². The maximum absolute atomic E-state index is 13.3. The van der Waals surface area contributed by atoms with Gasteiger partial charge in [-0.05, 0) is 54.3 Å². The average Bonchev–Trinajstić information content (AvgIpc) is 3.27. The molecular weight excluding hydrogens is 422 g/mol. The van der Waals surface area contributed by atoms with Gasteiger partial charge in [0.2, 0.25) is 0 Å². The molecule has 0 fully saturated rings. The summed E-state index contributed by atoms with van der Waals surface area (Å²) in [7, 11) is -2.20. The number of para-hydroxylation sites is 1. The fourth-order valence-electron chi connectivity index (χ4n) is 2.89. The topological polar surface area (TPSA) is 81.7 Å². The van der Waals surface area contributed by atoms with Gasteiger partial charge in [-0.25, -0.2) is 8.42 Å². The quantitative estimate of drug-likeness (QED) is 0.542. The van der Waals surface area contributed by atoms with Crippen LogP contribution in [0.1, 0.15) is 15.7 Å². The Morgan fingerprint density at radius 1 is 1.07 bits per heavy atom. The lowest BCUT2D eigenvalue weighted by atomic mass is 10.2. The number of carbonyl (C=O) groups excluding carboxylic acids is 1. The van der Waals surface area contributed by atoms with Gasteiger partial charge in [-0.2, -0.15) is 0 Å². The first-order valence-corrected chi connectivity index (χ1v) is 11.7. The van der Waals surface area contributed by atoms with Crippen LogP contribution in [0.15, 0.2) is 70.9 Å². The van der Waals surface area contributed by atoms with Crippen molar-refractivity contribution in [2.24, 2.45) is 0 Å². The van der Waals surface area contributed by atoms with E-state index in [1.165, 1.54) is 30.6 Å². The number of amides is 1. The molecule has 0 bridgehead atoms. The van der Waals surface area contributed by atoms with Crippen LogP contribution in [0.25, 0.3) is 0 Å². The predicted octanol–water partition coefficient (Wildman–Crippen LogP) is 3.78. The number of benzene rings is 2. The first kappa shape index (κ1) is 21.9. The van der Waals surface area contributed by atoms with E-state index in [9.17, 15) is 13.2 Å². The molecule has 0 aliphatic rings. The SMILES string of the molecule is COc1ccc(S(=O)(=O)[C@@H](CNC(=O)COc2ccccc2C)c2cccs2)cc1. The van der Waals surface area contributed by atoms with Crippen LogP contribution < -0.4 is 14.8 Å². The number of ether oxygens (including phenoxy) is 2. The molecule has 3 rings (SSSR count). The fourth-order valence-corrected chi connectivity index (χ4v) is 5.67. The van der Waals surface area contributed by atoms with Crippen molar-refractivity contribution in [1.82, 2.24) is 5.32 Å². The molecule has 1 amide bonds. The van der Waals surface area contributed by atoms with Gasteiger partial charge in [0.1, 0.15) is 16.7 Å². The Bertz CT molecular complexity index is 1080. The third-order valence-corrected chi connectivity index (χ3v) is 7.79. The number of thiophene rings is 1. The summed E-state index contributed by atoms with van der Waals surface area (Å²) in [6.07, 6.45) is 0. The lowest BCUT2D eigenvalue weighted by Crippen LogP contribution is -2.34. The molecule has 30 heavy (non-hydrogen) atoms. The first-order valence-electron chi connectivity index (χ1n) is 9.28. The zero-order chi connectivity index (χ0) is 21.6. The highest BCUT2D eigenvalue weighted by atomic mass is 32.2. The summed E-state index contributed by atoms with van der Waals surface area (Å²) in [5, 5.41) is 3.62. The van der Waals surface area contributed by atoms with Gasteiger partial charge in [-0.1, -0.05) is 24.3 Å². The van der Waals surface area contributed by atoms with Crippen molar-refractivity contribution in [1.29, 1.82) is 0 Å². The molecule has 3 aromatic rings. The number of methoxy groups -OCH3 is 1. The standard InChI is InChI=1S/C22H23NO5S2/c1-16-6-3-4-7-19(16)28-15-22(24)23-14-21(20-8-5-13-29-20)30(25,26)18-11-9-17(27-2)10-12-18/h3-13,21H,14-15H2,1-2H3,(H,23,24)/t21-/m0/s1. The van der Waals surface area contributed by atoms with Crippen LogP contribution in [0.2, 0.25) is 0 Å². The molecule has 1 heterocycles. The van der Waals surface area contributed by atoms with Crippen LogP contribution in [0.4, 0.5) is 0 Å². The lowest BCUT2D eigenvalue weighted by Gasteiger charge is -2.18. The predicted molar refractivity (Wildman–Crippen MR) is 117 cm³/mol. The van der Waals surface area contributed by atoms with Crippen molar-refractivity contribution in [2.45, 2.75) is 17.1 Å². The molecule has 158 valence electrons. The van der Waals surface area contributed by atoms with Gasteiger partial charge in [-0.15, -0.1) is 11.3 Å². The van der Waals surface area contributed by atoms with Gasteiger partial charge >= 0.3 is 0 Å². The van der Waals surface area contributed by atoms with Crippen molar-refractivity contribution in [3.05, 3.63) is 76.5 Å². The molecule has 0 aliphatic heterocycles. The monoisotopic (exact) mass is 445 g/mol. The van der Waals surface area contributed by atoms with Crippen LogP contribution >= 0.6 is 11.3 Å². The minimum Gasteiger partial charge on any atom is -0.497 e. The molecule has 0 saturated heterocycles. The maximum Gasteiger partial charge on any atom is 0.257 e. The fraction of sp³-hybridized carbons (Fsp3) is 0.227. The van der Waals surface area contributed by atoms with E-state index in [1.807, 2.05) is 30.5 Å². The number of hydrogen-bond donors (Lipinski definition) is 1. The van der Waals surface area contributed by atoms with Crippen LogP contribution in [0.5, 0.6) is 11.5 Å². The Balaban J connectivity index is 1.71. The molecule has 6 nitrogen and oxygen atoms in total. The van der Waals surface area contributed by atoms with E-state index in [2.05, 4.69) is 5.32 Å². The highest BCUT2D eigenvalue weighted by Crippen LogP contribution is 2.32.